The lowest BCUT2D eigenvalue weighted by Gasteiger charge is -2.21. The van der Waals surface area contributed by atoms with Crippen LogP contribution < -0.4 is 0 Å². The van der Waals surface area contributed by atoms with Crippen LogP contribution in [-0.2, 0) is 23.1 Å². The Morgan fingerprint density at radius 2 is 1.78 bits per heavy atom. The van der Waals surface area contributed by atoms with Crippen molar-refractivity contribution in [2.75, 3.05) is 25.4 Å². The van der Waals surface area contributed by atoms with Crippen molar-refractivity contribution in [3.63, 3.8) is 0 Å². The standard InChI is InChI=1S/C19H27N5O2S/c1-15-7-16(2)9-17(8-15)10-23-11-18(20-21-23)12-24-13-19(14-27(24,25)26)22-5-3-4-6-22/h7-9,11,19H,3-6,10,12-14H2,1-2H3. The molecule has 1 atom stereocenters. The summed E-state index contributed by atoms with van der Waals surface area (Å²) in [5.74, 6) is 0.226. The van der Waals surface area contributed by atoms with Gasteiger partial charge in [0.05, 0.1) is 30.7 Å². The molecule has 1 aromatic carbocycles. The Hall–Kier alpha value is -1.77. The van der Waals surface area contributed by atoms with Crippen LogP contribution in [0.3, 0.4) is 0 Å². The maximum Gasteiger partial charge on any atom is 0.216 e. The monoisotopic (exact) mass is 389 g/mol. The van der Waals surface area contributed by atoms with E-state index in [9.17, 15) is 8.42 Å². The van der Waals surface area contributed by atoms with Crippen LogP contribution in [0.15, 0.2) is 24.4 Å². The second-order valence-electron chi connectivity index (χ2n) is 7.87. The van der Waals surface area contributed by atoms with Crippen LogP contribution in [-0.4, -0.2) is 64.0 Å². The van der Waals surface area contributed by atoms with Crippen LogP contribution in [0.25, 0.3) is 0 Å². The Morgan fingerprint density at radius 1 is 1.07 bits per heavy atom. The summed E-state index contributed by atoms with van der Waals surface area (Å²) >= 11 is 0. The summed E-state index contributed by atoms with van der Waals surface area (Å²) in [6.07, 6.45) is 4.20. The number of sulfonamides is 1. The van der Waals surface area contributed by atoms with E-state index in [0.29, 0.717) is 25.3 Å². The van der Waals surface area contributed by atoms with Crippen molar-refractivity contribution in [1.29, 1.82) is 0 Å². The molecule has 4 rings (SSSR count). The van der Waals surface area contributed by atoms with E-state index in [1.807, 2.05) is 6.20 Å². The third-order valence-corrected chi connectivity index (χ3v) is 7.29. The van der Waals surface area contributed by atoms with E-state index < -0.39 is 10.0 Å². The van der Waals surface area contributed by atoms with E-state index in [4.69, 9.17) is 0 Å². The van der Waals surface area contributed by atoms with Gasteiger partial charge in [0.25, 0.3) is 0 Å². The predicted octanol–water partition coefficient (Wildman–Crippen LogP) is 1.55. The van der Waals surface area contributed by atoms with Gasteiger partial charge < -0.3 is 0 Å². The van der Waals surface area contributed by atoms with Crippen LogP contribution in [0, 0.1) is 13.8 Å². The van der Waals surface area contributed by atoms with Gasteiger partial charge in [-0.3, -0.25) is 4.90 Å². The van der Waals surface area contributed by atoms with Crippen LogP contribution in [0.4, 0.5) is 0 Å². The topological polar surface area (TPSA) is 71.3 Å². The lowest BCUT2D eigenvalue weighted by molar-refractivity contribution is 0.241. The largest absolute Gasteiger partial charge is 0.298 e. The van der Waals surface area contributed by atoms with E-state index in [1.165, 1.54) is 29.5 Å². The van der Waals surface area contributed by atoms with Gasteiger partial charge in [-0.15, -0.1) is 5.10 Å². The molecule has 27 heavy (non-hydrogen) atoms. The van der Waals surface area contributed by atoms with Crippen LogP contribution in [0.2, 0.25) is 0 Å². The number of likely N-dealkylation sites (tertiary alicyclic amines) is 1. The summed E-state index contributed by atoms with van der Waals surface area (Å²) in [7, 11) is -3.22. The maximum absolute atomic E-state index is 12.6. The van der Waals surface area contributed by atoms with E-state index in [2.05, 4.69) is 47.3 Å². The minimum Gasteiger partial charge on any atom is -0.298 e. The summed E-state index contributed by atoms with van der Waals surface area (Å²) in [6.45, 7) is 7.70. The van der Waals surface area contributed by atoms with Crippen molar-refractivity contribution in [2.45, 2.75) is 45.8 Å². The Morgan fingerprint density at radius 3 is 2.48 bits per heavy atom. The molecule has 0 radical (unpaired) electrons. The van der Waals surface area contributed by atoms with E-state index in [0.717, 1.165) is 13.1 Å². The van der Waals surface area contributed by atoms with Gasteiger partial charge in [-0.05, 0) is 45.3 Å². The predicted molar refractivity (Wildman–Crippen MR) is 104 cm³/mol. The van der Waals surface area contributed by atoms with Gasteiger partial charge in [-0.1, -0.05) is 34.5 Å². The molecule has 0 saturated carbocycles. The average molecular weight is 390 g/mol. The number of nitrogens with zero attached hydrogens (tertiary/aromatic N) is 5. The molecule has 2 saturated heterocycles. The summed E-state index contributed by atoms with van der Waals surface area (Å²) < 4.78 is 28.5. The van der Waals surface area contributed by atoms with Gasteiger partial charge in [0.1, 0.15) is 0 Å². The number of hydrogen-bond acceptors (Lipinski definition) is 5. The first-order valence-electron chi connectivity index (χ1n) is 9.57. The maximum atomic E-state index is 12.6. The smallest absolute Gasteiger partial charge is 0.216 e. The molecule has 7 nitrogen and oxygen atoms in total. The molecule has 146 valence electrons. The van der Waals surface area contributed by atoms with Gasteiger partial charge >= 0.3 is 0 Å². The fourth-order valence-corrected chi connectivity index (χ4v) is 6.00. The third kappa shape index (κ3) is 4.23. The molecule has 0 spiro atoms. The zero-order chi connectivity index (χ0) is 19.0. The fourth-order valence-electron chi connectivity index (χ4n) is 4.26. The molecule has 0 aliphatic carbocycles. The highest BCUT2D eigenvalue weighted by Crippen LogP contribution is 2.23. The van der Waals surface area contributed by atoms with Gasteiger partial charge in [0.15, 0.2) is 0 Å². The van der Waals surface area contributed by atoms with Crippen molar-refractivity contribution in [3.05, 3.63) is 46.8 Å². The van der Waals surface area contributed by atoms with Gasteiger partial charge in [-0.25, -0.2) is 13.1 Å². The number of aromatic nitrogens is 3. The van der Waals surface area contributed by atoms with Crippen LogP contribution in [0.5, 0.6) is 0 Å². The lowest BCUT2D eigenvalue weighted by atomic mass is 10.1. The first kappa shape index (κ1) is 18.6. The van der Waals surface area contributed by atoms with Crippen LogP contribution in [0.1, 0.15) is 35.2 Å². The zero-order valence-corrected chi connectivity index (χ0v) is 16.8. The Bertz CT molecular complexity index is 898. The Kier molecular flexibility index (Phi) is 5.05. The minimum absolute atomic E-state index is 0.114. The van der Waals surface area contributed by atoms with E-state index >= 15 is 0 Å². The van der Waals surface area contributed by atoms with Crippen molar-refractivity contribution in [2.24, 2.45) is 0 Å². The highest BCUT2D eigenvalue weighted by Gasteiger charge is 2.39. The molecule has 1 aromatic heterocycles. The van der Waals surface area contributed by atoms with Gasteiger partial charge in [0, 0.05) is 12.6 Å². The molecule has 0 bridgehead atoms. The first-order valence-corrected chi connectivity index (χ1v) is 11.2. The number of benzene rings is 1. The first-order chi connectivity index (χ1) is 12.9. The second-order valence-corrected chi connectivity index (χ2v) is 9.88. The Balaban J connectivity index is 1.42. The molecule has 1 unspecified atom stereocenters. The average Bonchev–Trinajstić information content (AvgIpc) is 3.28. The van der Waals surface area contributed by atoms with Gasteiger partial charge in [-0.2, -0.15) is 4.31 Å². The van der Waals surface area contributed by atoms with E-state index in [1.54, 1.807) is 8.99 Å². The lowest BCUT2D eigenvalue weighted by Crippen LogP contribution is -2.36. The summed E-state index contributed by atoms with van der Waals surface area (Å²) in [6, 6.07) is 6.54. The summed E-state index contributed by atoms with van der Waals surface area (Å²) in [5, 5.41) is 8.39. The van der Waals surface area contributed by atoms with Crippen molar-refractivity contribution >= 4 is 10.0 Å². The molecule has 0 amide bonds. The second kappa shape index (κ2) is 7.33. The molecule has 0 N–H and O–H groups in total. The molecule has 2 aliphatic rings. The minimum atomic E-state index is -3.22. The molecule has 2 aliphatic heterocycles. The van der Waals surface area contributed by atoms with Crippen molar-refractivity contribution in [3.8, 4) is 0 Å². The molecule has 2 fully saturated rings. The zero-order valence-electron chi connectivity index (χ0n) is 16.0. The summed E-state index contributed by atoms with van der Waals surface area (Å²) in [5.41, 5.74) is 4.32. The summed E-state index contributed by atoms with van der Waals surface area (Å²) in [4.78, 5) is 2.31. The normalized spacial score (nSPS) is 23.3. The molecule has 2 aromatic rings. The number of rotatable bonds is 5. The molecule has 3 heterocycles. The van der Waals surface area contributed by atoms with Gasteiger partial charge in [0.2, 0.25) is 10.0 Å². The fraction of sp³-hybridized carbons (Fsp3) is 0.579. The highest BCUT2D eigenvalue weighted by molar-refractivity contribution is 7.89. The third-order valence-electron chi connectivity index (χ3n) is 5.42. The Labute approximate surface area is 161 Å². The van der Waals surface area contributed by atoms with Crippen molar-refractivity contribution in [1.82, 2.24) is 24.2 Å². The molecular weight excluding hydrogens is 362 g/mol. The SMILES string of the molecule is Cc1cc(C)cc(Cn2cc(CN3CC(N4CCCC4)CS3(=O)=O)nn2)c1. The highest BCUT2D eigenvalue weighted by atomic mass is 32.2. The number of hydrogen-bond donors (Lipinski definition) is 0. The molecular formula is C19H27N5O2S. The quantitative estimate of drug-likeness (QED) is 0.776. The van der Waals surface area contributed by atoms with Crippen molar-refractivity contribution < 1.29 is 8.42 Å². The number of aryl methyl sites for hydroxylation is 2. The molecule has 8 heteroatoms. The van der Waals surface area contributed by atoms with Crippen LogP contribution >= 0.6 is 0 Å². The van der Waals surface area contributed by atoms with E-state index in [-0.39, 0.29) is 11.8 Å².